The topological polar surface area (TPSA) is 32.3 Å². The maximum Gasteiger partial charge on any atom is 0.0595 e. The standard InChI is InChI=1S/C9H20INO/c1-4-7(3)11-9(6-12)8(10)5-2/h7-9,11-12H,4-6H2,1-3H3. The zero-order chi connectivity index (χ0) is 9.56. The van der Waals surface area contributed by atoms with Crippen LogP contribution in [0.2, 0.25) is 0 Å². The van der Waals surface area contributed by atoms with E-state index >= 15 is 0 Å². The van der Waals surface area contributed by atoms with Crippen molar-refractivity contribution >= 4 is 22.6 Å². The van der Waals surface area contributed by atoms with Crippen molar-refractivity contribution < 1.29 is 5.11 Å². The molecule has 0 aliphatic rings. The molecule has 0 bridgehead atoms. The van der Waals surface area contributed by atoms with Crippen LogP contribution in [0.4, 0.5) is 0 Å². The molecule has 74 valence electrons. The molecular weight excluding hydrogens is 265 g/mol. The van der Waals surface area contributed by atoms with Gasteiger partial charge in [-0.2, -0.15) is 0 Å². The normalized spacial score (nSPS) is 18.8. The van der Waals surface area contributed by atoms with Gasteiger partial charge in [-0.1, -0.05) is 36.4 Å². The maximum absolute atomic E-state index is 9.10. The first-order valence-corrected chi connectivity index (χ1v) is 5.91. The molecule has 3 atom stereocenters. The fraction of sp³-hybridized carbons (Fsp3) is 1.00. The monoisotopic (exact) mass is 285 g/mol. The van der Waals surface area contributed by atoms with E-state index in [0.717, 1.165) is 12.8 Å². The van der Waals surface area contributed by atoms with E-state index in [-0.39, 0.29) is 12.6 Å². The molecule has 0 aromatic heterocycles. The molecule has 0 rings (SSSR count). The molecule has 0 saturated heterocycles. The minimum atomic E-state index is 0.242. The summed E-state index contributed by atoms with van der Waals surface area (Å²) >= 11 is 2.39. The van der Waals surface area contributed by atoms with Crippen LogP contribution in [0.1, 0.15) is 33.6 Å². The van der Waals surface area contributed by atoms with Gasteiger partial charge >= 0.3 is 0 Å². The van der Waals surface area contributed by atoms with E-state index in [1.54, 1.807) is 0 Å². The van der Waals surface area contributed by atoms with Gasteiger partial charge in [-0.15, -0.1) is 0 Å². The summed E-state index contributed by atoms with van der Waals surface area (Å²) in [6.45, 7) is 6.70. The molecule has 3 heteroatoms. The molecule has 2 nitrogen and oxygen atoms in total. The van der Waals surface area contributed by atoms with Gasteiger partial charge in [0.15, 0.2) is 0 Å². The zero-order valence-electron chi connectivity index (χ0n) is 8.18. The number of nitrogens with one attached hydrogen (secondary N) is 1. The van der Waals surface area contributed by atoms with Crippen molar-refractivity contribution in [3.63, 3.8) is 0 Å². The highest BCUT2D eigenvalue weighted by atomic mass is 127. The average Bonchev–Trinajstić information content (AvgIpc) is 2.12. The SMILES string of the molecule is CCC(C)NC(CO)C(I)CC. The van der Waals surface area contributed by atoms with Gasteiger partial charge in [0.2, 0.25) is 0 Å². The van der Waals surface area contributed by atoms with Gasteiger partial charge in [-0.05, 0) is 19.8 Å². The summed E-state index contributed by atoms with van der Waals surface area (Å²) in [5.74, 6) is 0. The fourth-order valence-corrected chi connectivity index (χ4v) is 1.47. The molecule has 0 aromatic carbocycles. The Balaban J connectivity index is 3.81. The number of rotatable bonds is 6. The van der Waals surface area contributed by atoms with Gasteiger partial charge in [0.25, 0.3) is 0 Å². The molecule has 0 radical (unpaired) electrons. The summed E-state index contributed by atoms with van der Waals surface area (Å²) in [4.78, 5) is 0. The van der Waals surface area contributed by atoms with E-state index in [4.69, 9.17) is 5.11 Å². The van der Waals surface area contributed by atoms with Crippen molar-refractivity contribution in [3.05, 3.63) is 0 Å². The molecule has 0 aliphatic heterocycles. The van der Waals surface area contributed by atoms with E-state index in [9.17, 15) is 0 Å². The third-order valence-corrected chi connectivity index (χ3v) is 3.88. The molecule has 2 N–H and O–H groups in total. The van der Waals surface area contributed by atoms with E-state index in [1.165, 1.54) is 0 Å². The highest BCUT2D eigenvalue weighted by molar-refractivity contribution is 14.1. The Hall–Kier alpha value is 0.650. The van der Waals surface area contributed by atoms with Crippen LogP contribution in [0.15, 0.2) is 0 Å². The Kier molecular flexibility index (Phi) is 7.48. The number of halogens is 1. The molecular formula is C9H20INO. The van der Waals surface area contributed by atoms with Crippen molar-refractivity contribution in [3.8, 4) is 0 Å². The van der Waals surface area contributed by atoms with Crippen LogP contribution in [-0.2, 0) is 0 Å². The zero-order valence-corrected chi connectivity index (χ0v) is 10.3. The lowest BCUT2D eigenvalue weighted by molar-refractivity contribution is 0.230. The summed E-state index contributed by atoms with van der Waals surface area (Å²) in [5.41, 5.74) is 0. The van der Waals surface area contributed by atoms with Crippen LogP contribution in [-0.4, -0.2) is 27.7 Å². The molecule has 0 aliphatic carbocycles. The van der Waals surface area contributed by atoms with Crippen LogP contribution >= 0.6 is 22.6 Å². The first-order valence-electron chi connectivity index (χ1n) is 4.66. The Bertz CT molecular complexity index is 111. The predicted molar refractivity (Wildman–Crippen MR) is 61.9 cm³/mol. The third-order valence-electron chi connectivity index (χ3n) is 2.13. The first kappa shape index (κ1) is 12.7. The number of aliphatic hydroxyl groups excluding tert-OH is 1. The van der Waals surface area contributed by atoms with E-state index in [2.05, 4.69) is 48.7 Å². The largest absolute Gasteiger partial charge is 0.395 e. The summed E-state index contributed by atoms with van der Waals surface area (Å²) in [7, 11) is 0. The summed E-state index contributed by atoms with van der Waals surface area (Å²) in [6, 6.07) is 0.761. The molecule has 0 spiro atoms. The minimum Gasteiger partial charge on any atom is -0.395 e. The molecule has 0 saturated carbocycles. The third kappa shape index (κ3) is 4.62. The van der Waals surface area contributed by atoms with Crippen molar-refractivity contribution in [2.24, 2.45) is 0 Å². The van der Waals surface area contributed by atoms with Crippen molar-refractivity contribution in [1.29, 1.82) is 0 Å². The second-order valence-corrected chi connectivity index (χ2v) is 4.79. The van der Waals surface area contributed by atoms with Crippen LogP contribution in [0.5, 0.6) is 0 Å². The lowest BCUT2D eigenvalue weighted by Crippen LogP contribution is -2.44. The predicted octanol–water partition coefficient (Wildman–Crippen LogP) is 1.95. The summed E-state index contributed by atoms with van der Waals surface area (Å²) < 4.78 is 0.529. The van der Waals surface area contributed by atoms with E-state index < -0.39 is 0 Å². The van der Waals surface area contributed by atoms with E-state index in [0.29, 0.717) is 9.97 Å². The maximum atomic E-state index is 9.10. The quantitative estimate of drug-likeness (QED) is 0.577. The Morgan fingerprint density at radius 2 is 1.92 bits per heavy atom. The van der Waals surface area contributed by atoms with Crippen molar-refractivity contribution in [1.82, 2.24) is 5.32 Å². The van der Waals surface area contributed by atoms with Gasteiger partial charge < -0.3 is 10.4 Å². The molecule has 0 aromatic rings. The van der Waals surface area contributed by atoms with Gasteiger partial charge in [0, 0.05) is 16.0 Å². The van der Waals surface area contributed by atoms with Gasteiger partial charge in [0.05, 0.1) is 6.61 Å². The molecule has 3 unspecified atom stereocenters. The lowest BCUT2D eigenvalue weighted by Gasteiger charge is -2.24. The average molecular weight is 285 g/mol. The Labute approximate surface area is 89.3 Å². The highest BCUT2D eigenvalue weighted by Crippen LogP contribution is 2.11. The smallest absolute Gasteiger partial charge is 0.0595 e. The van der Waals surface area contributed by atoms with Gasteiger partial charge in [-0.3, -0.25) is 0 Å². The lowest BCUT2D eigenvalue weighted by atomic mass is 10.1. The molecule has 0 fully saturated rings. The van der Waals surface area contributed by atoms with E-state index in [1.807, 2.05) is 0 Å². The first-order chi connectivity index (χ1) is 5.65. The van der Waals surface area contributed by atoms with Gasteiger partial charge in [0.1, 0.15) is 0 Å². The van der Waals surface area contributed by atoms with Gasteiger partial charge in [-0.25, -0.2) is 0 Å². The molecule has 12 heavy (non-hydrogen) atoms. The van der Waals surface area contributed by atoms with Crippen LogP contribution in [0.3, 0.4) is 0 Å². The highest BCUT2D eigenvalue weighted by Gasteiger charge is 2.16. The second kappa shape index (κ2) is 7.09. The number of aliphatic hydroxyl groups is 1. The van der Waals surface area contributed by atoms with Crippen molar-refractivity contribution in [2.45, 2.75) is 49.6 Å². The number of hydrogen-bond donors (Lipinski definition) is 2. The van der Waals surface area contributed by atoms with Crippen LogP contribution in [0, 0.1) is 0 Å². The van der Waals surface area contributed by atoms with Crippen LogP contribution < -0.4 is 5.32 Å². The fourth-order valence-electron chi connectivity index (χ4n) is 1.04. The second-order valence-electron chi connectivity index (χ2n) is 3.19. The van der Waals surface area contributed by atoms with Crippen LogP contribution in [0.25, 0.3) is 0 Å². The molecule has 0 heterocycles. The summed E-state index contributed by atoms with van der Waals surface area (Å²) in [5, 5.41) is 12.5. The number of alkyl halides is 1. The summed E-state index contributed by atoms with van der Waals surface area (Å²) in [6.07, 6.45) is 2.22. The molecule has 0 amide bonds. The number of hydrogen-bond acceptors (Lipinski definition) is 2. The Morgan fingerprint density at radius 1 is 1.33 bits per heavy atom. The Morgan fingerprint density at radius 3 is 2.25 bits per heavy atom. The van der Waals surface area contributed by atoms with Crippen molar-refractivity contribution in [2.75, 3.05) is 6.61 Å². The minimum absolute atomic E-state index is 0.242.